The van der Waals surface area contributed by atoms with Crippen molar-refractivity contribution >= 4 is 44.5 Å². The van der Waals surface area contributed by atoms with E-state index in [1.54, 1.807) is 4.90 Å². The molecular weight excluding hydrogens is 426 g/mol. The summed E-state index contributed by atoms with van der Waals surface area (Å²) in [5.41, 5.74) is 0.855. The summed E-state index contributed by atoms with van der Waals surface area (Å²) in [5.74, 6) is 0.137. The van der Waals surface area contributed by atoms with E-state index in [0.717, 1.165) is 54.6 Å². The minimum atomic E-state index is -0.335. The number of anilines is 1. The molecule has 2 aliphatic heterocycles. The highest BCUT2D eigenvalue weighted by Crippen LogP contribution is 2.31. The van der Waals surface area contributed by atoms with Gasteiger partial charge in [0.1, 0.15) is 0 Å². The third-order valence-electron chi connectivity index (χ3n) is 5.31. The molecule has 0 spiro atoms. The Morgan fingerprint density at radius 3 is 3.00 bits per heavy atom. The van der Waals surface area contributed by atoms with E-state index < -0.39 is 0 Å². The average molecular weight is 450 g/mol. The van der Waals surface area contributed by atoms with Crippen LogP contribution in [0, 0.1) is 5.92 Å². The van der Waals surface area contributed by atoms with E-state index in [-0.39, 0.29) is 24.2 Å². The van der Waals surface area contributed by atoms with E-state index in [2.05, 4.69) is 36.3 Å². The Morgan fingerprint density at radius 2 is 2.18 bits per heavy atom. The third kappa shape index (κ3) is 4.21. The van der Waals surface area contributed by atoms with E-state index in [1.165, 1.54) is 0 Å². The average Bonchev–Trinajstić information content (AvgIpc) is 3.28. The molecule has 0 radical (unpaired) electrons. The van der Waals surface area contributed by atoms with Crippen molar-refractivity contribution < 1.29 is 14.3 Å². The molecule has 0 aliphatic carbocycles. The zero-order chi connectivity index (χ0) is 19.5. The number of rotatable bonds is 6. The number of aromatic amines is 1. The van der Waals surface area contributed by atoms with Crippen molar-refractivity contribution in [3.05, 3.63) is 22.7 Å². The summed E-state index contributed by atoms with van der Waals surface area (Å²) in [7, 11) is 0. The Balaban J connectivity index is 1.30. The number of amides is 2. The molecule has 2 N–H and O–H groups in total. The van der Waals surface area contributed by atoms with Gasteiger partial charge in [-0.3, -0.25) is 24.5 Å². The summed E-state index contributed by atoms with van der Waals surface area (Å²) in [5, 5.41) is 11.1. The van der Waals surface area contributed by atoms with E-state index in [0.29, 0.717) is 18.9 Å². The lowest BCUT2D eigenvalue weighted by Gasteiger charge is -2.26. The van der Waals surface area contributed by atoms with Gasteiger partial charge in [0.15, 0.2) is 5.82 Å². The number of nitrogens with one attached hydrogen (secondary N) is 2. The molecule has 2 aromatic rings. The highest BCUT2D eigenvalue weighted by atomic mass is 79.9. The number of carbonyl (C=O) groups is 2. The van der Waals surface area contributed by atoms with Crippen LogP contribution in [0.4, 0.5) is 5.82 Å². The Labute approximate surface area is 171 Å². The molecule has 2 saturated heterocycles. The van der Waals surface area contributed by atoms with Crippen molar-refractivity contribution in [2.75, 3.05) is 50.8 Å². The topological polar surface area (TPSA) is 90.6 Å². The van der Waals surface area contributed by atoms with Crippen LogP contribution < -0.4 is 10.2 Å². The molecule has 4 rings (SSSR count). The molecule has 0 unspecified atom stereocenters. The maximum absolute atomic E-state index is 12.5. The predicted octanol–water partition coefficient (Wildman–Crippen LogP) is 1.52. The molecule has 150 valence electrons. The first-order valence-electron chi connectivity index (χ1n) is 9.63. The van der Waals surface area contributed by atoms with Gasteiger partial charge in [-0.2, -0.15) is 5.10 Å². The Hall–Kier alpha value is -1.97. The second kappa shape index (κ2) is 8.59. The van der Waals surface area contributed by atoms with Gasteiger partial charge < -0.3 is 10.1 Å². The van der Waals surface area contributed by atoms with E-state index in [9.17, 15) is 9.59 Å². The first-order chi connectivity index (χ1) is 13.6. The molecule has 0 bridgehead atoms. The molecule has 1 atom stereocenters. The van der Waals surface area contributed by atoms with E-state index in [4.69, 9.17) is 4.74 Å². The van der Waals surface area contributed by atoms with Crippen molar-refractivity contribution in [3.63, 3.8) is 0 Å². The number of ether oxygens (including phenoxy) is 1. The van der Waals surface area contributed by atoms with Crippen LogP contribution >= 0.6 is 15.9 Å². The maximum Gasteiger partial charge on any atom is 0.229 e. The van der Waals surface area contributed by atoms with E-state index in [1.807, 2.05) is 18.2 Å². The number of hydrogen-bond donors (Lipinski definition) is 2. The van der Waals surface area contributed by atoms with Crippen LogP contribution in [-0.2, 0) is 14.3 Å². The zero-order valence-electron chi connectivity index (χ0n) is 15.6. The van der Waals surface area contributed by atoms with Gasteiger partial charge in [0, 0.05) is 42.5 Å². The monoisotopic (exact) mass is 449 g/mol. The van der Waals surface area contributed by atoms with Crippen molar-refractivity contribution in [3.8, 4) is 0 Å². The van der Waals surface area contributed by atoms with Crippen molar-refractivity contribution in [1.82, 2.24) is 20.4 Å². The second-order valence-corrected chi connectivity index (χ2v) is 8.16. The number of nitrogens with zero attached hydrogens (tertiary/aromatic N) is 3. The molecule has 8 nitrogen and oxygen atoms in total. The maximum atomic E-state index is 12.5. The fourth-order valence-electron chi connectivity index (χ4n) is 3.75. The highest BCUT2D eigenvalue weighted by molar-refractivity contribution is 9.10. The van der Waals surface area contributed by atoms with Crippen LogP contribution in [0.15, 0.2) is 22.7 Å². The SMILES string of the molecule is O=C(NCCCN1CCOCC1)[C@@H]1CC(=O)N(c2n[nH]c3cc(Br)ccc23)C1. The Morgan fingerprint density at radius 1 is 1.36 bits per heavy atom. The summed E-state index contributed by atoms with van der Waals surface area (Å²) in [6.45, 7) is 5.41. The number of halogens is 1. The summed E-state index contributed by atoms with van der Waals surface area (Å²) in [4.78, 5) is 29.0. The zero-order valence-corrected chi connectivity index (χ0v) is 17.2. The number of aromatic nitrogens is 2. The standard InChI is InChI=1S/C19H24BrN5O3/c20-14-2-3-15-16(11-14)22-23-18(15)25-12-13(10-17(25)26)19(27)21-4-1-5-24-6-8-28-9-7-24/h2-3,11,13H,1,4-10,12H2,(H,21,27)(H,22,23)/t13-/m1/s1. The summed E-state index contributed by atoms with van der Waals surface area (Å²) < 4.78 is 6.28. The number of carbonyl (C=O) groups excluding carboxylic acids is 2. The lowest BCUT2D eigenvalue weighted by molar-refractivity contribution is -0.126. The minimum Gasteiger partial charge on any atom is -0.379 e. The van der Waals surface area contributed by atoms with Crippen LogP contribution in [0.3, 0.4) is 0 Å². The van der Waals surface area contributed by atoms with Crippen LogP contribution in [0.2, 0.25) is 0 Å². The normalized spacial score (nSPS) is 20.8. The van der Waals surface area contributed by atoms with Crippen molar-refractivity contribution in [2.24, 2.45) is 5.92 Å². The predicted molar refractivity (Wildman–Crippen MR) is 109 cm³/mol. The quantitative estimate of drug-likeness (QED) is 0.652. The van der Waals surface area contributed by atoms with Gasteiger partial charge in [0.25, 0.3) is 0 Å². The fourth-order valence-corrected chi connectivity index (χ4v) is 4.12. The molecule has 28 heavy (non-hydrogen) atoms. The van der Waals surface area contributed by atoms with Crippen LogP contribution in [0.1, 0.15) is 12.8 Å². The molecule has 2 fully saturated rings. The van der Waals surface area contributed by atoms with Crippen molar-refractivity contribution in [1.29, 1.82) is 0 Å². The molecule has 0 saturated carbocycles. The van der Waals surface area contributed by atoms with Gasteiger partial charge in [0.2, 0.25) is 11.8 Å². The second-order valence-electron chi connectivity index (χ2n) is 7.24. The molecular formula is C19H24BrN5O3. The first-order valence-corrected chi connectivity index (χ1v) is 10.4. The molecule has 2 amide bonds. The van der Waals surface area contributed by atoms with Crippen LogP contribution in [0.25, 0.3) is 10.9 Å². The molecule has 1 aromatic carbocycles. The third-order valence-corrected chi connectivity index (χ3v) is 5.80. The van der Waals surface area contributed by atoms with E-state index >= 15 is 0 Å². The molecule has 9 heteroatoms. The minimum absolute atomic E-state index is 0.0552. The van der Waals surface area contributed by atoms with Crippen molar-refractivity contribution in [2.45, 2.75) is 12.8 Å². The van der Waals surface area contributed by atoms with Crippen LogP contribution in [0.5, 0.6) is 0 Å². The Bertz CT molecular complexity index is 864. The Kier molecular flexibility index (Phi) is 5.93. The number of fused-ring (bicyclic) bond motifs is 1. The molecule has 1 aromatic heterocycles. The largest absolute Gasteiger partial charge is 0.379 e. The van der Waals surface area contributed by atoms with Gasteiger partial charge in [-0.25, -0.2) is 0 Å². The smallest absolute Gasteiger partial charge is 0.229 e. The van der Waals surface area contributed by atoms with Gasteiger partial charge >= 0.3 is 0 Å². The lowest BCUT2D eigenvalue weighted by atomic mass is 10.1. The number of H-pyrrole nitrogens is 1. The summed E-state index contributed by atoms with van der Waals surface area (Å²) in [6.07, 6.45) is 1.12. The number of benzene rings is 1. The van der Waals surface area contributed by atoms with Gasteiger partial charge in [-0.15, -0.1) is 0 Å². The van der Waals surface area contributed by atoms with Gasteiger partial charge in [0.05, 0.1) is 24.6 Å². The van der Waals surface area contributed by atoms with Gasteiger partial charge in [-0.05, 0) is 31.2 Å². The fraction of sp³-hybridized carbons (Fsp3) is 0.526. The first kappa shape index (κ1) is 19.4. The molecule has 3 heterocycles. The summed E-state index contributed by atoms with van der Waals surface area (Å²) >= 11 is 3.43. The highest BCUT2D eigenvalue weighted by Gasteiger charge is 2.36. The number of morpholine rings is 1. The lowest BCUT2D eigenvalue weighted by Crippen LogP contribution is -2.39. The van der Waals surface area contributed by atoms with Gasteiger partial charge in [-0.1, -0.05) is 15.9 Å². The van der Waals surface area contributed by atoms with Crippen LogP contribution in [-0.4, -0.2) is 72.8 Å². The summed E-state index contributed by atoms with van der Waals surface area (Å²) in [6, 6.07) is 5.76. The number of hydrogen-bond acceptors (Lipinski definition) is 5. The molecule has 2 aliphatic rings.